The maximum absolute atomic E-state index is 12.2. The van der Waals surface area contributed by atoms with Crippen LogP contribution in [0.2, 0.25) is 0 Å². The number of hydrogen-bond donors (Lipinski definition) is 1. The summed E-state index contributed by atoms with van der Waals surface area (Å²) in [5.74, 6) is -0.810. The highest BCUT2D eigenvalue weighted by Crippen LogP contribution is 2.24. The smallest absolute Gasteiger partial charge is 0.308 e. The molecule has 22 heavy (non-hydrogen) atoms. The Labute approximate surface area is 127 Å². The van der Waals surface area contributed by atoms with Crippen LogP contribution in [0.15, 0.2) is 28.7 Å². The fourth-order valence-corrected chi connectivity index (χ4v) is 2.89. The van der Waals surface area contributed by atoms with Crippen LogP contribution < -0.4 is 0 Å². The highest BCUT2D eigenvalue weighted by Gasteiger charge is 2.36. The minimum absolute atomic E-state index is 0.00854. The van der Waals surface area contributed by atoms with Crippen molar-refractivity contribution < 1.29 is 19.1 Å². The van der Waals surface area contributed by atoms with Gasteiger partial charge in [0.05, 0.1) is 5.92 Å². The van der Waals surface area contributed by atoms with Crippen LogP contribution in [-0.2, 0) is 16.0 Å². The van der Waals surface area contributed by atoms with E-state index in [1.807, 2.05) is 31.2 Å². The third-order valence-electron chi connectivity index (χ3n) is 4.17. The van der Waals surface area contributed by atoms with Crippen LogP contribution in [-0.4, -0.2) is 40.0 Å². The van der Waals surface area contributed by atoms with E-state index in [2.05, 4.69) is 4.98 Å². The summed E-state index contributed by atoms with van der Waals surface area (Å²) in [5.41, 5.74) is 1.50. The number of carboxylic acids is 1. The van der Waals surface area contributed by atoms with Crippen molar-refractivity contribution >= 4 is 23.0 Å². The minimum atomic E-state index is -0.832. The number of oxazole rings is 1. The van der Waals surface area contributed by atoms with Gasteiger partial charge < -0.3 is 14.4 Å². The summed E-state index contributed by atoms with van der Waals surface area (Å²) >= 11 is 0. The molecule has 1 N–H and O–H groups in total. The Kier molecular flexibility index (Phi) is 3.83. The summed E-state index contributed by atoms with van der Waals surface area (Å²) in [6, 6.07) is 7.47. The third kappa shape index (κ3) is 2.81. The van der Waals surface area contributed by atoms with E-state index >= 15 is 0 Å². The Hall–Kier alpha value is -2.37. The van der Waals surface area contributed by atoms with Gasteiger partial charge in [-0.15, -0.1) is 0 Å². The van der Waals surface area contributed by atoms with Crippen molar-refractivity contribution in [3.8, 4) is 0 Å². The third-order valence-corrected chi connectivity index (χ3v) is 4.17. The van der Waals surface area contributed by atoms with Gasteiger partial charge in [-0.25, -0.2) is 4.98 Å². The number of aryl methyl sites for hydroxylation is 1. The molecule has 3 rings (SSSR count). The Morgan fingerprint density at radius 2 is 2.14 bits per heavy atom. The highest BCUT2D eigenvalue weighted by molar-refractivity contribution is 5.79. The van der Waals surface area contributed by atoms with Gasteiger partial charge >= 0.3 is 5.97 Å². The number of rotatable bonds is 4. The van der Waals surface area contributed by atoms with Crippen LogP contribution in [0.4, 0.5) is 0 Å². The maximum Gasteiger partial charge on any atom is 0.308 e. The number of likely N-dealkylation sites (tertiary alicyclic amines) is 1. The van der Waals surface area contributed by atoms with E-state index < -0.39 is 11.9 Å². The van der Waals surface area contributed by atoms with Crippen molar-refractivity contribution in [3.63, 3.8) is 0 Å². The lowest BCUT2D eigenvalue weighted by Gasteiger charge is -2.15. The Morgan fingerprint density at radius 3 is 2.82 bits per heavy atom. The topological polar surface area (TPSA) is 83.6 Å². The Balaban J connectivity index is 1.59. The molecule has 1 fully saturated rings. The zero-order chi connectivity index (χ0) is 15.7. The average Bonchev–Trinajstić information content (AvgIpc) is 3.07. The summed E-state index contributed by atoms with van der Waals surface area (Å²) < 4.78 is 5.59. The molecule has 0 bridgehead atoms. The van der Waals surface area contributed by atoms with Gasteiger partial charge in [0.15, 0.2) is 11.5 Å². The molecule has 6 nitrogen and oxygen atoms in total. The van der Waals surface area contributed by atoms with Crippen molar-refractivity contribution in [2.75, 3.05) is 13.1 Å². The van der Waals surface area contributed by atoms with Gasteiger partial charge in [-0.2, -0.15) is 0 Å². The Morgan fingerprint density at radius 1 is 1.36 bits per heavy atom. The first-order chi connectivity index (χ1) is 10.5. The normalized spacial score (nSPS) is 21.4. The number of hydrogen-bond acceptors (Lipinski definition) is 4. The molecule has 1 saturated heterocycles. The lowest BCUT2D eigenvalue weighted by molar-refractivity contribution is -0.142. The van der Waals surface area contributed by atoms with Gasteiger partial charge in [-0.05, 0) is 18.1 Å². The van der Waals surface area contributed by atoms with Crippen molar-refractivity contribution in [1.29, 1.82) is 0 Å². The zero-order valence-corrected chi connectivity index (χ0v) is 12.4. The number of carboxylic acid groups (broad SMARTS) is 1. The van der Waals surface area contributed by atoms with Gasteiger partial charge in [0, 0.05) is 25.9 Å². The molecule has 2 heterocycles. The average molecular weight is 302 g/mol. The van der Waals surface area contributed by atoms with Crippen LogP contribution in [0.1, 0.15) is 19.2 Å². The first-order valence-corrected chi connectivity index (χ1v) is 7.39. The summed E-state index contributed by atoms with van der Waals surface area (Å²) in [5, 5.41) is 9.11. The number of carbonyl (C=O) groups excluding carboxylic acids is 1. The van der Waals surface area contributed by atoms with E-state index in [1.54, 1.807) is 4.90 Å². The molecule has 1 aliphatic rings. The number of amides is 1. The molecular weight excluding hydrogens is 284 g/mol. The van der Waals surface area contributed by atoms with E-state index in [4.69, 9.17) is 9.52 Å². The molecule has 116 valence electrons. The molecule has 1 aromatic carbocycles. The van der Waals surface area contributed by atoms with Crippen LogP contribution in [0, 0.1) is 11.8 Å². The molecule has 0 saturated carbocycles. The molecule has 1 aromatic heterocycles. The van der Waals surface area contributed by atoms with Crippen LogP contribution in [0.5, 0.6) is 0 Å². The standard InChI is InChI=1S/C16H18N2O4/c1-10-8-18(9-11(10)16(20)21)15(19)7-6-14-17-12-4-2-3-5-13(12)22-14/h2-5,10-11H,6-9H2,1H3,(H,20,21)/t10-,11-/m1/s1. The van der Waals surface area contributed by atoms with Crippen molar-refractivity contribution in [2.45, 2.75) is 19.8 Å². The highest BCUT2D eigenvalue weighted by atomic mass is 16.4. The number of nitrogens with zero attached hydrogens (tertiary/aromatic N) is 2. The number of aromatic nitrogens is 1. The molecule has 0 radical (unpaired) electrons. The molecule has 2 atom stereocenters. The molecule has 1 amide bonds. The van der Waals surface area contributed by atoms with Crippen molar-refractivity contribution in [3.05, 3.63) is 30.2 Å². The van der Waals surface area contributed by atoms with E-state index in [1.165, 1.54) is 0 Å². The summed E-state index contributed by atoms with van der Waals surface area (Å²) in [6.07, 6.45) is 0.710. The van der Waals surface area contributed by atoms with Crippen LogP contribution in [0.3, 0.4) is 0 Å². The lowest BCUT2D eigenvalue weighted by Crippen LogP contribution is -2.30. The summed E-state index contributed by atoms with van der Waals surface area (Å²) in [7, 11) is 0. The van der Waals surface area contributed by atoms with E-state index in [9.17, 15) is 9.59 Å². The Bertz CT molecular complexity index is 676. The number of fused-ring (bicyclic) bond motifs is 1. The predicted octanol–water partition coefficient (Wildman–Crippen LogP) is 1.94. The zero-order valence-electron chi connectivity index (χ0n) is 12.4. The first-order valence-electron chi connectivity index (χ1n) is 7.39. The van der Waals surface area contributed by atoms with Crippen LogP contribution >= 0.6 is 0 Å². The van der Waals surface area contributed by atoms with Gasteiger partial charge in [0.25, 0.3) is 0 Å². The number of para-hydroxylation sites is 2. The minimum Gasteiger partial charge on any atom is -0.481 e. The fourth-order valence-electron chi connectivity index (χ4n) is 2.89. The second-order valence-corrected chi connectivity index (χ2v) is 5.80. The molecule has 2 aromatic rings. The quantitative estimate of drug-likeness (QED) is 0.933. The molecule has 0 spiro atoms. The van der Waals surface area contributed by atoms with E-state index in [0.29, 0.717) is 31.0 Å². The van der Waals surface area contributed by atoms with Gasteiger partial charge in [0.2, 0.25) is 5.91 Å². The molecule has 0 aliphatic carbocycles. The van der Waals surface area contributed by atoms with E-state index in [-0.39, 0.29) is 18.2 Å². The molecule has 1 aliphatic heterocycles. The SMILES string of the molecule is C[C@@H]1CN(C(=O)CCc2nc3ccccc3o2)C[C@H]1C(=O)O. The second-order valence-electron chi connectivity index (χ2n) is 5.80. The molecular formula is C16H18N2O4. The van der Waals surface area contributed by atoms with Crippen molar-refractivity contribution in [1.82, 2.24) is 9.88 Å². The summed E-state index contributed by atoms with van der Waals surface area (Å²) in [6.45, 7) is 2.67. The van der Waals surface area contributed by atoms with E-state index in [0.717, 1.165) is 5.52 Å². The number of carbonyl (C=O) groups is 2. The molecule has 0 unspecified atom stereocenters. The second kappa shape index (κ2) is 5.79. The van der Waals surface area contributed by atoms with Gasteiger partial charge in [-0.3, -0.25) is 9.59 Å². The van der Waals surface area contributed by atoms with Gasteiger partial charge in [-0.1, -0.05) is 19.1 Å². The summed E-state index contributed by atoms with van der Waals surface area (Å²) in [4.78, 5) is 29.3. The number of aliphatic carboxylic acids is 1. The molecule has 6 heteroatoms. The first kappa shape index (κ1) is 14.6. The van der Waals surface area contributed by atoms with Crippen molar-refractivity contribution in [2.24, 2.45) is 11.8 Å². The number of benzene rings is 1. The lowest BCUT2D eigenvalue weighted by atomic mass is 9.99. The monoisotopic (exact) mass is 302 g/mol. The predicted molar refractivity (Wildman–Crippen MR) is 79.2 cm³/mol. The fraction of sp³-hybridized carbons (Fsp3) is 0.438. The largest absolute Gasteiger partial charge is 0.481 e. The maximum atomic E-state index is 12.2. The van der Waals surface area contributed by atoms with Crippen LogP contribution in [0.25, 0.3) is 11.1 Å². The van der Waals surface area contributed by atoms with Gasteiger partial charge in [0.1, 0.15) is 5.52 Å².